The number of rotatable bonds is 2. The van der Waals surface area contributed by atoms with Gasteiger partial charge in [0, 0.05) is 16.9 Å². The lowest BCUT2D eigenvalue weighted by Crippen LogP contribution is -2.15. The third-order valence-corrected chi connectivity index (χ3v) is 4.43. The maximum Gasteiger partial charge on any atom is 0.112 e. The Morgan fingerprint density at radius 3 is 2.41 bits per heavy atom. The summed E-state index contributed by atoms with van der Waals surface area (Å²) < 4.78 is 12.5. The molecule has 0 radical (unpaired) electrons. The Labute approximate surface area is 102 Å². The van der Waals surface area contributed by atoms with Gasteiger partial charge in [-0.2, -0.15) is 0 Å². The van der Waals surface area contributed by atoms with Crippen LogP contribution in [-0.4, -0.2) is 18.3 Å². The van der Waals surface area contributed by atoms with Gasteiger partial charge in [0.05, 0.1) is 5.69 Å². The molecule has 0 atom stereocenters. The summed E-state index contributed by atoms with van der Waals surface area (Å²) in [5, 5.41) is 3.10. The van der Waals surface area contributed by atoms with E-state index in [0.29, 0.717) is 5.92 Å². The fraction of sp³-hybridized carbons (Fsp3) is 0.357. The maximum atomic E-state index is 12.5. The molecule has 0 fully saturated rings. The van der Waals surface area contributed by atoms with Crippen LogP contribution in [0.1, 0.15) is 25.5 Å². The van der Waals surface area contributed by atoms with Crippen molar-refractivity contribution in [3.05, 3.63) is 36.2 Å². The first-order valence-corrected chi connectivity index (χ1v) is 8.44. The number of aromatic nitrogens is 1. The van der Waals surface area contributed by atoms with Crippen LogP contribution in [0.25, 0.3) is 10.8 Å². The molecule has 0 spiro atoms. The van der Waals surface area contributed by atoms with Crippen molar-refractivity contribution < 1.29 is 4.57 Å². The molecule has 0 N–H and O–H groups in total. The van der Waals surface area contributed by atoms with E-state index in [1.165, 1.54) is 0 Å². The summed E-state index contributed by atoms with van der Waals surface area (Å²) in [5.74, 6) is 0.294. The molecule has 0 aliphatic carbocycles. The fourth-order valence-electron chi connectivity index (χ4n) is 2.15. The summed E-state index contributed by atoms with van der Waals surface area (Å²) in [6.07, 6.45) is 1.88. The quantitative estimate of drug-likeness (QED) is 0.759. The van der Waals surface area contributed by atoms with E-state index >= 15 is 0 Å². The number of hydrogen-bond donors (Lipinski definition) is 0. The zero-order valence-electron chi connectivity index (χ0n) is 10.8. The summed E-state index contributed by atoms with van der Waals surface area (Å²) in [6, 6.07) is 8.04. The predicted octanol–water partition coefficient (Wildman–Crippen LogP) is 3.61. The molecule has 1 aromatic heterocycles. The van der Waals surface area contributed by atoms with E-state index < -0.39 is 7.14 Å². The Morgan fingerprint density at radius 1 is 1.18 bits per heavy atom. The minimum atomic E-state index is -2.32. The van der Waals surface area contributed by atoms with Gasteiger partial charge < -0.3 is 4.57 Å². The highest BCUT2D eigenvalue weighted by molar-refractivity contribution is 7.70. The van der Waals surface area contributed by atoms with E-state index in [2.05, 4.69) is 18.8 Å². The van der Waals surface area contributed by atoms with E-state index in [4.69, 9.17) is 0 Å². The normalized spacial score (nSPS) is 12.3. The Hall–Kier alpha value is -1.14. The summed E-state index contributed by atoms with van der Waals surface area (Å²) in [7, 11) is -2.32. The van der Waals surface area contributed by atoms with Gasteiger partial charge in [-0.1, -0.05) is 38.1 Å². The van der Waals surface area contributed by atoms with Crippen LogP contribution in [0.15, 0.2) is 30.5 Å². The molecule has 2 aromatic rings. The molecule has 0 amide bonds. The molecule has 0 aliphatic rings. The number of fused-ring (bicyclic) bond motifs is 1. The van der Waals surface area contributed by atoms with Crippen molar-refractivity contribution >= 4 is 23.2 Å². The van der Waals surface area contributed by atoms with Crippen LogP contribution in [0.5, 0.6) is 0 Å². The lowest BCUT2D eigenvalue weighted by Gasteiger charge is -2.17. The summed E-state index contributed by atoms with van der Waals surface area (Å²) in [4.78, 5) is 4.50. The molecule has 0 bridgehead atoms. The van der Waals surface area contributed by atoms with Crippen molar-refractivity contribution in [1.82, 2.24) is 4.98 Å². The molecule has 1 aromatic carbocycles. The van der Waals surface area contributed by atoms with Gasteiger partial charge in [-0.25, -0.2) is 0 Å². The zero-order chi connectivity index (χ0) is 12.6. The fourth-order valence-corrected chi connectivity index (χ4v) is 3.80. The van der Waals surface area contributed by atoms with Crippen LogP contribution < -0.4 is 5.30 Å². The topological polar surface area (TPSA) is 30.0 Å². The first-order valence-electron chi connectivity index (χ1n) is 5.84. The van der Waals surface area contributed by atoms with Gasteiger partial charge in [-0.15, -0.1) is 0 Å². The molecule has 2 nitrogen and oxygen atoms in total. The Balaban J connectivity index is 2.90. The van der Waals surface area contributed by atoms with Crippen molar-refractivity contribution in [2.75, 3.05) is 13.3 Å². The van der Waals surface area contributed by atoms with Gasteiger partial charge in [-0.3, -0.25) is 4.98 Å². The Bertz CT molecular complexity index is 598. The summed E-state index contributed by atoms with van der Waals surface area (Å²) in [5.41, 5.74) is 0.969. The van der Waals surface area contributed by atoms with E-state index in [1.54, 1.807) is 0 Å². The van der Waals surface area contributed by atoms with Crippen LogP contribution >= 0.6 is 7.14 Å². The highest BCUT2D eigenvalue weighted by atomic mass is 31.2. The second-order valence-corrected chi connectivity index (χ2v) is 8.23. The summed E-state index contributed by atoms with van der Waals surface area (Å²) >= 11 is 0. The smallest absolute Gasteiger partial charge is 0.112 e. The van der Waals surface area contributed by atoms with E-state index in [9.17, 15) is 4.57 Å². The lowest BCUT2D eigenvalue weighted by atomic mass is 10.1. The second kappa shape index (κ2) is 4.27. The van der Waals surface area contributed by atoms with E-state index in [1.807, 2.05) is 43.8 Å². The van der Waals surface area contributed by atoms with Crippen molar-refractivity contribution in [2.45, 2.75) is 19.8 Å². The van der Waals surface area contributed by atoms with Crippen molar-refractivity contribution in [3.63, 3.8) is 0 Å². The van der Waals surface area contributed by atoms with Crippen LogP contribution in [0, 0.1) is 0 Å². The van der Waals surface area contributed by atoms with Gasteiger partial charge in [0.15, 0.2) is 0 Å². The average molecular weight is 247 g/mol. The monoisotopic (exact) mass is 247 g/mol. The van der Waals surface area contributed by atoms with Crippen molar-refractivity contribution in [3.8, 4) is 0 Å². The van der Waals surface area contributed by atoms with Crippen LogP contribution in [0.3, 0.4) is 0 Å². The van der Waals surface area contributed by atoms with Crippen molar-refractivity contribution in [1.29, 1.82) is 0 Å². The molecule has 0 unspecified atom stereocenters. The summed E-state index contributed by atoms with van der Waals surface area (Å²) in [6.45, 7) is 7.83. The third kappa shape index (κ3) is 2.28. The molecule has 0 saturated heterocycles. The van der Waals surface area contributed by atoms with E-state index in [0.717, 1.165) is 21.8 Å². The molecule has 0 saturated carbocycles. The van der Waals surface area contributed by atoms with Gasteiger partial charge >= 0.3 is 0 Å². The number of nitrogens with zero attached hydrogens (tertiary/aromatic N) is 1. The molecular weight excluding hydrogens is 229 g/mol. The highest BCUT2D eigenvalue weighted by Crippen LogP contribution is 2.40. The zero-order valence-corrected chi connectivity index (χ0v) is 11.7. The van der Waals surface area contributed by atoms with Gasteiger partial charge in [0.25, 0.3) is 0 Å². The Kier molecular flexibility index (Phi) is 3.09. The Morgan fingerprint density at radius 2 is 1.82 bits per heavy atom. The highest BCUT2D eigenvalue weighted by Gasteiger charge is 2.21. The largest absolute Gasteiger partial charge is 0.319 e. The van der Waals surface area contributed by atoms with Crippen LogP contribution in [0.4, 0.5) is 0 Å². The minimum Gasteiger partial charge on any atom is -0.319 e. The molecule has 90 valence electrons. The predicted molar refractivity (Wildman–Crippen MR) is 74.9 cm³/mol. The van der Waals surface area contributed by atoms with Gasteiger partial charge in [-0.05, 0) is 24.6 Å². The molecule has 0 aliphatic heterocycles. The SMILES string of the molecule is CC(C)c1ncc2ccccc2c1P(C)(C)=O. The van der Waals surface area contributed by atoms with Gasteiger partial charge in [0.2, 0.25) is 0 Å². The van der Waals surface area contributed by atoms with Gasteiger partial charge in [0.1, 0.15) is 7.14 Å². The van der Waals surface area contributed by atoms with Crippen LogP contribution in [-0.2, 0) is 4.57 Å². The lowest BCUT2D eigenvalue weighted by molar-refractivity contribution is 0.588. The number of benzene rings is 1. The molecule has 2 rings (SSSR count). The first kappa shape index (κ1) is 12.3. The molecule has 3 heteroatoms. The molecule has 17 heavy (non-hydrogen) atoms. The molecule has 1 heterocycles. The standard InChI is InChI=1S/C14H18NOP/c1-10(2)13-14(17(3,4)16)12-8-6-5-7-11(12)9-15-13/h5-10H,1-4H3. The maximum absolute atomic E-state index is 12.5. The number of hydrogen-bond acceptors (Lipinski definition) is 2. The minimum absolute atomic E-state index is 0.294. The molecular formula is C14H18NOP. The second-order valence-electron chi connectivity index (χ2n) is 5.08. The first-order chi connectivity index (χ1) is 7.91. The number of pyridine rings is 1. The van der Waals surface area contributed by atoms with Crippen LogP contribution in [0.2, 0.25) is 0 Å². The van der Waals surface area contributed by atoms with E-state index in [-0.39, 0.29) is 0 Å². The van der Waals surface area contributed by atoms with Crippen molar-refractivity contribution in [2.24, 2.45) is 0 Å². The third-order valence-electron chi connectivity index (χ3n) is 2.89. The average Bonchev–Trinajstić information content (AvgIpc) is 2.26.